The third-order valence-corrected chi connectivity index (χ3v) is 5.39. The molecule has 0 radical (unpaired) electrons. The molecule has 1 fully saturated rings. The molecule has 1 saturated heterocycles. The minimum atomic E-state index is -2.94. The zero-order chi connectivity index (χ0) is 18.6. The van der Waals surface area contributed by atoms with Gasteiger partial charge in [-0.25, -0.2) is 4.79 Å². The molecule has 2 heterocycles. The van der Waals surface area contributed by atoms with Crippen molar-refractivity contribution in [2.75, 3.05) is 12.3 Å². The molecule has 1 aromatic heterocycles. The smallest absolute Gasteiger partial charge is 0.384 e. The van der Waals surface area contributed by atoms with Crippen molar-refractivity contribution in [2.24, 2.45) is 0 Å². The molecule has 0 spiro atoms. The maximum absolute atomic E-state index is 12.2. The molecule has 0 aliphatic carbocycles. The molecule has 2 rings (SSSR count). The monoisotopic (exact) mass is 362 g/mol. The van der Waals surface area contributed by atoms with Crippen molar-refractivity contribution in [1.29, 1.82) is 0 Å². The molecule has 11 heteroatoms. The van der Waals surface area contributed by atoms with Gasteiger partial charge in [0.25, 0.3) is 0 Å². The summed E-state index contributed by atoms with van der Waals surface area (Å²) >= 11 is 0. The molecule has 0 aromatic carbocycles. The quantitative estimate of drug-likeness (QED) is 0.516. The minimum Gasteiger partial charge on any atom is -0.384 e. The van der Waals surface area contributed by atoms with Crippen molar-refractivity contribution in [2.45, 2.75) is 50.2 Å². The molecular formula is C13H21N3O7P+. The van der Waals surface area contributed by atoms with E-state index in [0.29, 0.717) is 0 Å². The molecule has 24 heavy (non-hydrogen) atoms. The van der Waals surface area contributed by atoms with Gasteiger partial charge in [-0.15, -0.1) is 9.42 Å². The molecule has 134 valence electrons. The molecule has 0 amide bonds. The van der Waals surface area contributed by atoms with Crippen LogP contribution in [0.2, 0.25) is 0 Å². The number of hydrogen-bond acceptors (Lipinski definition) is 8. The Morgan fingerprint density at radius 3 is 2.42 bits per heavy atom. The number of nitrogen functional groups attached to an aromatic ring is 1. The Morgan fingerprint density at radius 1 is 1.33 bits per heavy atom. The molecule has 2 unspecified atom stereocenters. The van der Waals surface area contributed by atoms with Crippen LogP contribution >= 0.6 is 8.25 Å². The number of nitrogens with two attached hydrogens (primary N) is 1. The first-order chi connectivity index (χ1) is 10.8. The normalized spacial score (nSPS) is 39.9. The van der Waals surface area contributed by atoms with Gasteiger partial charge >= 0.3 is 13.9 Å². The highest BCUT2D eigenvalue weighted by Crippen LogP contribution is 2.54. The summed E-state index contributed by atoms with van der Waals surface area (Å²) in [6.07, 6.45) is 1.29. The number of anilines is 1. The predicted molar refractivity (Wildman–Crippen MR) is 83.1 cm³/mol. The highest BCUT2D eigenvalue weighted by molar-refractivity contribution is 7.32. The van der Waals surface area contributed by atoms with Crippen LogP contribution in [0, 0.1) is 0 Å². The fraction of sp³-hybridized carbons (Fsp3) is 0.692. The summed E-state index contributed by atoms with van der Waals surface area (Å²) in [6.45, 7) is 4.89. The van der Waals surface area contributed by atoms with Gasteiger partial charge in [0, 0.05) is 10.8 Å². The first-order valence-corrected chi connectivity index (χ1v) is 8.21. The van der Waals surface area contributed by atoms with Crippen molar-refractivity contribution < 1.29 is 28.9 Å². The van der Waals surface area contributed by atoms with Crippen molar-refractivity contribution >= 4 is 14.1 Å². The number of aromatic nitrogens is 2. The van der Waals surface area contributed by atoms with Crippen molar-refractivity contribution in [3.8, 4) is 0 Å². The SMILES string of the molecule is CC1(O)[C@@](C)(CO[P+](=O)O)O[C@@](C)(n2ccc(N)nc2=O)[C@@]1(C)O. The van der Waals surface area contributed by atoms with Crippen LogP contribution in [0.5, 0.6) is 0 Å². The summed E-state index contributed by atoms with van der Waals surface area (Å²) in [7, 11) is -2.94. The molecular weight excluding hydrogens is 341 g/mol. The Bertz CT molecular complexity index is 735. The Hall–Kier alpha value is -1.42. The molecule has 5 N–H and O–H groups in total. The summed E-state index contributed by atoms with van der Waals surface area (Å²) in [4.78, 5) is 24.6. The number of nitrogens with zero attached hydrogens (tertiary/aromatic N) is 2. The van der Waals surface area contributed by atoms with E-state index in [4.69, 9.17) is 15.4 Å². The predicted octanol–water partition coefficient (Wildman–Crippen LogP) is -0.545. The van der Waals surface area contributed by atoms with Gasteiger partial charge in [0.15, 0.2) is 5.72 Å². The number of aliphatic hydroxyl groups is 2. The van der Waals surface area contributed by atoms with Crippen LogP contribution in [0.1, 0.15) is 27.7 Å². The summed E-state index contributed by atoms with van der Waals surface area (Å²) in [5, 5.41) is 21.9. The average molecular weight is 362 g/mol. The van der Waals surface area contributed by atoms with E-state index in [0.717, 1.165) is 4.57 Å². The van der Waals surface area contributed by atoms with Gasteiger partial charge in [-0.1, -0.05) is 0 Å². The number of rotatable bonds is 4. The van der Waals surface area contributed by atoms with E-state index in [2.05, 4.69) is 9.51 Å². The van der Waals surface area contributed by atoms with Gasteiger partial charge in [-0.2, -0.15) is 4.98 Å². The maximum atomic E-state index is 12.2. The highest BCUT2D eigenvalue weighted by atomic mass is 31.1. The lowest BCUT2D eigenvalue weighted by Gasteiger charge is -2.42. The lowest BCUT2D eigenvalue weighted by molar-refractivity contribution is -0.195. The number of hydrogen-bond donors (Lipinski definition) is 4. The lowest BCUT2D eigenvalue weighted by Crippen LogP contribution is -2.64. The topological polar surface area (TPSA) is 157 Å². The Balaban J connectivity index is 2.59. The zero-order valence-corrected chi connectivity index (χ0v) is 14.6. The third kappa shape index (κ3) is 2.46. The van der Waals surface area contributed by atoms with E-state index in [1.165, 1.54) is 40.0 Å². The average Bonchev–Trinajstić information content (AvgIpc) is 2.53. The standard InChI is InChI=1S/C13H20N3O7P/c1-10(7-22-24(20)21)11(2,18)12(3,19)13(4,23-10)16-6-5-8(14)15-9(16)17/h5-6,18-19H,7H2,1-4H3,(H2-,14,15,17,20,21)/p+1/t10-,11?,12+,13-/m1/s1. The Kier molecular flexibility index (Phi) is 4.37. The van der Waals surface area contributed by atoms with Crippen molar-refractivity contribution in [3.05, 3.63) is 22.7 Å². The molecule has 1 aromatic rings. The largest absolute Gasteiger partial charge is 0.694 e. The maximum Gasteiger partial charge on any atom is 0.694 e. The van der Waals surface area contributed by atoms with E-state index >= 15 is 0 Å². The molecule has 0 bridgehead atoms. The second-order valence-corrected chi connectivity index (χ2v) is 7.21. The second-order valence-electron chi connectivity index (χ2n) is 6.48. The van der Waals surface area contributed by atoms with Crippen LogP contribution in [0.3, 0.4) is 0 Å². The third-order valence-electron chi connectivity index (χ3n) is 5.04. The minimum absolute atomic E-state index is 0.00683. The van der Waals surface area contributed by atoms with Gasteiger partial charge < -0.3 is 20.7 Å². The van der Waals surface area contributed by atoms with Gasteiger partial charge in [-0.3, -0.25) is 4.57 Å². The zero-order valence-electron chi connectivity index (χ0n) is 13.8. The van der Waals surface area contributed by atoms with Crippen LogP contribution in [-0.4, -0.2) is 48.1 Å². The summed E-state index contributed by atoms with van der Waals surface area (Å²) < 4.78 is 22.4. The van der Waals surface area contributed by atoms with Gasteiger partial charge in [0.2, 0.25) is 0 Å². The number of ether oxygens (including phenoxy) is 1. The van der Waals surface area contributed by atoms with Crippen LogP contribution in [-0.2, 0) is 19.6 Å². The molecule has 5 atom stereocenters. The summed E-state index contributed by atoms with van der Waals surface area (Å²) in [6, 6.07) is 1.34. The van der Waals surface area contributed by atoms with E-state index in [9.17, 15) is 19.6 Å². The van der Waals surface area contributed by atoms with Gasteiger partial charge in [0.1, 0.15) is 29.2 Å². The summed E-state index contributed by atoms with van der Waals surface area (Å²) in [5.74, 6) is -0.00683. The summed E-state index contributed by atoms with van der Waals surface area (Å²) in [5.41, 5.74) is -2.59. The van der Waals surface area contributed by atoms with E-state index < -0.39 is 43.1 Å². The van der Waals surface area contributed by atoms with Gasteiger partial charge in [-0.05, 0) is 33.8 Å². The van der Waals surface area contributed by atoms with E-state index in [1.54, 1.807) is 0 Å². The molecule has 1 aliphatic rings. The van der Waals surface area contributed by atoms with Gasteiger partial charge in [0.05, 0.1) is 0 Å². The Morgan fingerprint density at radius 2 is 1.92 bits per heavy atom. The van der Waals surface area contributed by atoms with E-state index in [1.807, 2.05) is 0 Å². The fourth-order valence-electron chi connectivity index (χ4n) is 2.98. The van der Waals surface area contributed by atoms with Crippen LogP contribution in [0.4, 0.5) is 5.82 Å². The van der Waals surface area contributed by atoms with Crippen LogP contribution < -0.4 is 11.4 Å². The lowest BCUT2D eigenvalue weighted by atomic mass is 9.73. The Labute approximate surface area is 138 Å². The van der Waals surface area contributed by atoms with Crippen molar-refractivity contribution in [1.82, 2.24) is 9.55 Å². The molecule has 1 aliphatic heterocycles. The van der Waals surface area contributed by atoms with Crippen LogP contribution in [0.25, 0.3) is 0 Å². The second kappa shape index (κ2) is 5.55. The molecule has 10 nitrogen and oxygen atoms in total. The van der Waals surface area contributed by atoms with Crippen molar-refractivity contribution in [3.63, 3.8) is 0 Å². The van der Waals surface area contributed by atoms with Crippen LogP contribution in [0.15, 0.2) is 17.1 Å². The highest BCUT2D eigenvalue weighted by Gasteiger charge is 2.73. The first-order valence-electron chi connectivity index (χ1n) is 7.08. The van der Waals surface area contributed by atoms with E-state index in [-0.39, 0.29) is 5.82 Å². The molecule has 0 saturated carbocycles. The fourth-order valence-corrected chi connectivity index (χ4v) is 3.33. The first kappa shape index (κ1) is 18.9.